The number of nitrogens with zero attached hydrogens (tertiary/aromatic N) is 1. The molecule has 2 saturated heterocycles. The minimum absolute atomic E-state index is 0.00857. The van der Waals surface area contributed by atoms with E-state index < -0.39 is 5.54 Å². The number of carbonyl (C=O) groups excluding carboxylic acids is 1. The molecular formula is C14H25N3O2S. The van der Waals surface area contributed by atoms with Crippen molar-refractivity contribution in [3.05, 3.63) is 0 Å². The summed E-state index contributed by atoms with van der Waals surface area (Å²) in [6.45, 7) is 2.57. The average Bonchev–Trinajstić information content (AvgIpc) is 2.42. The number of rotatable bonds is 4. The number of amides is 1. The molecule has 114 valence electrons. The number of hydrogen-bond donors (Lipinski definition) is 2. The number of piperidine rings is 1. The molecule has 0 aromatic carbocycles. The van der Waals surface area contributed by atoms with E-state index in [0.29, 0.717) is 11.4 Å². The van der Waals surface area contributed by atoms with E-state index in [-0.39, 0.29) is 12.0 Å². The number of hydrogen-bond acceptors (Lipinski definition) is 4. The van der Waals surface area contributed by atoms with Crippen LogP contribution in [0.15, 0.2) is 0 Å². The minimum Gasteiger partial charge on any atom is -0.391 e. The topological polar surface area (TPSA) is 67.6 Å². The number of nitrogens with two attached hydrogens (primary N) is 1. The second-order valence-electron chi connectivity index (χ2n) is 5.99. The third kappa shape index (κ3) is 3.90. The SMILES string of the molecule is CN1CCC(NC(=O)CC2CCCCO2)(C(N)=S)CC1. The molecule has 2 aliphatic heterocycles. The molecule has 1 unspecified atom stereocenters. The van der Waals surface area contributed by atoms with Gasteiger partial charge in [0.05, 0.1) is 23.1 Å². The highest BCUT2D eigenvalue weighted by Crippen LogP contribution is 2.23. The quantitative estimate of drug-likeness (QED) is 0.752. The van der Waals surface area contributed by atoms with Gasteiger partial charge in [-0.05, 0) is 39.2 Å². The van der Waals surface area contributed by atoms with Gasteiger partial charge in [0.1, 0.15) is 0 Å². The Labute approximate surface area is 126 Å². The summed E-state index contributed by atoms with van der Waals surface area (Å²) < 4.78 is 5.62. The molecule has 3 N–H and O–H groups in total. The molecule has 1 amide bonds. The first-order valence-electron chi connectivity index (χ1n) is 7.43. The molecular weight excluding hydrogens is 274 g/mol. The van der Waals surface area contributed by atoms with Crippen molar-refractivity contribution in [2.75, 3.05) is 26.7 Å². The van der Waals surface area contributed by atoms with E-state index in [1.807, 2.05) is 0 Å². The molecule has 6 heteroatoms. The summed E-state index contributed by atoms with van der Waals surface area (Å²) in [5.74, 6) is 0.00857. The van der Waals surface area contributed by atoms with Crippen molar-refractivity contribution >= 4 is 23.1 Å². The molecule has 20 heavy (non-hydrogen) atoms. The van der Waals surface area contributed by atoms with Gasteiger partial charge in [0, 0.05) is 19.7 Å². The molecule has 2 rings (SSSR count). The van der Waals surface area contributed by atoms with Crippen LogP contribution < -0.4 is 11.1 Å². The van der Waals surface area contributed by atoms with Gasteiger partial charge in [-0.2, -0.15) is 0 Å². The fourth-order valence-electron chi connectivity index (χ4n) is 2.93. The number of thiocarbonyl (C=S) groups is 1. The van der Waals surface area contributed by atoms with Crippen LogP contribution in [0.1, 0.15) is 38.5 Å². The summed E-state index contributed by atoms with van der Waals surface area (Å²) >= 11 is 5.20. The van der Waals surface area contributed by atoms with Gasteiger partial charge in [0.2, 0.25) is 5.91 Å². The maximum absolute atomic E-state index is 12.3. The number of likely N-dealkylation sites (tertiary alicyclic amines) is 1. The van der Waals surface area contributed by atoms with Crippen molar-refractivity contribution < 1.29 is 9.53 Å². The van der Waals surface area contributed by atoms with Gasteiger partial charge in [-0.25, -0.2) is 0 Å². The summed E-state index contributed by atoms with van der Waals surface area (Å²) in [5.41, 5.74) is 5.39. The summed E-state index contributed by atoms with van der Waals surface area (Å²) in [5, 5.41) is 3.09. The molecule has 0 radical (unpaired) electrons. The number of carbonyl (C=O) groups is 1. The van der Waals surface area contributed by atoms with Gasteiger partial charge in [0.25, 0.3) is 0 Å². The Morgan fingerprint density at radius 1 is 1.45 bits per heavy atom. The van der Waals surface area contributed by atoms with Crippen LogP contribution in [-0.2, 0) is 9.53 Å². The minimum atomic E-state index is -0.506. The fourth-order valence-corrected chi connectivity index (χ4v) is 3.18. The molecule has 0 aromatic rings. The van der Waals surface area contributed by atoms with Gasteiger partial charge in [-0.3, -0.25) is 4.79 Å². The van der Waals surface area contributed by atoms with E-state index >= 15 is 0 Å². The molecule has 0 aliphatic carbocycles. The van der Waals surface area contributed by atoms with Crippen molar-refractivity contribution in [1.29, 1.82) is 0 Å². The van der Waals surface area contributed by atoms with Gasteiger partial charge >= 0.3 is 0 Å². The number of nitrogens with one attached hydrogen (secondary N) is 1. The Morgan fingerprint density at radius 2 is 2.15 bits per heavy atom. The van der Waals surface area contributed by atoms with E-state index in [2.05, 4.69) is 17.3 Å². The van der Waals surface area contributed by atoms with Gasteiger partial charge in [0.15, 0.2) is 0 Å². The van der Waals surface area contributed by atoms with Crippen LogP contribution in [0.5, 0.6) is 0 Å². The Balaban J connectivity index is 1.90. The third-order valence-electron chi connectivity index (χ3n) is 4.38. The van der Waals surface area contributed by atoms with Crippen molar-refractivity contribution in [2.45, 2.75) is 50.2 Å². The maximum atomic E-state index is 12.3. The molecule has 2 fully saturated rings. The molecule has 0 spiro atoms. The normalized spacial score (nSPS) is 26.9. The van der Waals surface area contributed by atoms with Crippen LogP contribution in [0, 0.1) is 0 Å². The summed E-state index contributed by atoms with van der Waals surface area (Å²) in [4.78, 5) is 14.9. The number of ether oxygens (including phenoxy) is 1. The summed E-state index contributed by atoms with van der Waals surface area (Å²) in [6, 6.07) is 0. The first-order chi connectivity index (χ1) is 9.52. The zero-order valence-electron chi connectivity index (χ0n) is 12.2. The lowest BCUT2D eigenvalue weighted by molar-refractivity contribution is -0.126. The highest BCUT2D eigenvalue weighted by Gasteiger charge is 2.38. The third-order valence-corrected chi connectivity index (χ3v) is 4.77. The molecule has 2 aliphatic rings. The largest absolute Gasteiger partial charge is 0.391 e. The predicted molar refractivity (Wildman–Crippen MR) is 82.6 cm³/mol. The first-order valence-corrected chi connectivity index (χ1v) is 7.84. The lowest BCUT2D eigenvalue weighted by Gasteiger charge is -2.40. The Kier molecular flexibility index (Phi) is 5.35. The Morgan fingerprint density at radius 3 is 2.70 bits per heavy atom. The van der Waals surface area contributed by atoms with Gasteiger partial charge < -0.3 is 20.7 Å². The Hall–Kier alpha value is -0.720. The van der Waals surface area contributed by atoms with Crippen molar-refractivity contribution in [1.82, 2.24) is 10.2 Å². The van der Waals surface area contributed by atoms with E-state index in [0.717, 1.165) is 51.8 Å². The van der Waals surface area contributed by atoms with E-state index in [1.54, 1.807) is 0 Å². The van der Waals surface area contributed by atoms with Crippen LogP contribution in [0.4, 0.5) is 0 Å². The standard InChI is InChI=1S/C14H25N3O2S/c1-17-7-5-14(6-8-17,13(15)20)16-12(18)10-11-4-2-3-9-19-11/h11H,2-10H2,1H3,(H2,15,20)(H,16,18). The highest BCUT2D eigenvalue weighted by molar-refractivity contribution is 7.80. The van der Waals surface area contributed by atoms with E-state index in [4.69, 9.17) is 22.7 Å². The van der Waals surface area contributed by atoms with E-state index in [9.17, 15) is 4.79 Å². The average molecular weight is 299 g/mol. The molecule has 0 saturated carbocycles. The highest BCUT2D eigenvalue weighted by atomic mass is 32.1. The van der Waals surface area contributed by atoms with Crippen LogP contribution in [0.25, 0.3) is 0 Å². The molecule has 2 heterocycles. The Bertz CT molecular complexity index is 361. The lowest BCUT2D eigenvalue weighted by atomic mass is 9.87. The summed E-state index contributed by atoms with van der Waals surface area (Å²) in [7, 11) is 2.07. The second kappa shape index (κ2) is 6.83. The first kappa shape index (κ1) is 15.7. The predicted octanol–water partition coefficient (Wildman–Crippen LogP) is 0.812. The second-order valence-corrected chi connectivity index (χ2v) is 6.43. The van der Waals surface area contributed by atoms with Gasteiger partial charge in [-0.1, -0.05) is 12.2 Å². The smallest absolute Gasteiger partial charge is 0.223 e. The molecule has 0 bridgehead atoms. The maximum Gasteiger partial charge on any atom is 0.223 e. The zero-order chi connectivity index (χ0) is 14.6. The summed E-state index contributed by atoms with van der Waals surface area (Å²) in [6.07, 6.45) is 5.26. The van der Waals surface area contributed by atoms with Crippen LogP contribution in [0.2, 0.25) is 0 Å². The van der Waals surface area contributed by atoms with Crippen LogP contribution in [0.3, 0.4) is 0 Å². The van der Waals surface area contributed by atoms with Gasteiger partial charge in [-0.15, -0.1) is 0 Å². The van der Waals surface area contributed by atoms with Crippen molar-refractivity contribution in [3.8, 4) is 0 Å². The van der Waals surface area contributed by atoms with Crippen molar-refractivity contribution in [3.63, 3.8) is 0 Å². The lowest BCUT2D eigenvalue weighted by Crippen LogP contribution is -2.61. The van der Waals surface area contributed by atoms with Crippen LogP contribution >= 0.6 is 12.2 Å². The molecule has 5 nitrogen and oxygen atoms in total. The van der Waals surface area contributed by atoms with E-state index in [1.165, 1.54) is 0 Å². The van der Waals surface area contributed by atoms with Crippen molar-refractivity contribution in [2.24, 2.45) is 5.73 Å². The fraction of sp³-hybridized carbons (Fsp3) is 0.857. The van der Waals surface area contributed by atoms with Crippen LogP contribution in [-0.4, -0.2) is 54.2 Å². The molecule has 1 atom stereocenters. The molecule has 0 aromatic heterocycles. The zero-order valence-corrected chi connectivity index (χ0v) is 13.0. The monoisotopic (exact) mass is 299 g/mol.